The van der Waals surface area contributed by atoms with Gasteiger partial charge in [0.15, 0.2) is 0 Å². The zero-order valence-corrected chi connectivity index (χ0v) is 14.1. The van der Waals surface area contributed by atoms with Crippen LogP contribution in [0.25, 0.3) is 11.4 Å². The number of carbonyl (C=O) groups is 1. The van der Waals surface area contributed by atoms with Crippen molar-refractivity contribution in [2.24, 2.45) is 0 Å². The molecule has 8 heteroatoms. The van der Waals surface area contributed by atoms with Crippen molar-refractivity contribution in [2.45, 2.75) is 19.3 Å². The lowest BCUT2D eigenvalue weighted by Crippen LogP contribution is -2.12. The molecule has 0 atom stereocenters. The van der Waals surface area contributed by atoms with Crippen LogP contribution in [0.4, 0.5) is 10.1 Å². The van der Waals surface area contributed by atoms with Gasteiger partial charge in [-0.05, 0) is 42.8 Å². The number of hydrogen-bond donors (Lipinski definition) is 1. The lowest BCUT2D eigenvalue weighted by Gasteiger charge is -2.08. The molecule has 0 saturated heterocycles. The summed E-state index contributed by atoms with van der Waals surface area (Å²) >= 11 is 0. The number of pyridine rings is 1. The number of hydrogen-bond acceptors (Lipinski definition) is 6. The van der Waals surface area contributed by atoms with Crippen LogP contribution in [-0.2, 0) is 11.2 Å². The normalized spacial score (nSPS) is 10.5. The molecule has 3 aromatic rings. The molecule has 1 N–H and O–H groups in total. The first-order valence-corrected chi connectivity index (χ1v) is 8.03. The van der Waals surface area contributed by atoms with Crippen molar-refractivity contribution in [3.8, 4) is 17.3 Å². The number of anilines is 1. The number of halogens is 1. The second-order valence-corrected chi connectivity index (χ2v) is 5.48. The van der Waals surface area contributed by atoms with E-state index in [1.807, 2.05) is 0 Å². The monoisotopic (exact) mass is 356 g/mol. The fourth-order valence-electron chi connectivity index (χ4n) is 2.33. The molecule has 134 valence electrons. The summed E-state index contributed by atoms with van der Waals surface area (Å²) in [6, 6.07) is 9.27. The van der Waals surface area contributed by atoms with E-state index >= 15 is 0 Å². The Bertz CT molecular complexity index is 880. The van der Waals surface area contributed by atoms with Gasteiger partial charge in [-0.3, -0.25) is 4.79 Å². The van der Waals surface area contributed by atoms with E-state index in [0.717, 1.165) is 0 Å². The molecule has 26 heavy (non-hydrogen) atoms. The highest BCUT2D eigenvalue weighted by Crippen LogP contribution is 2.20. The van der Waals surface area contributed by atoms with Gasteiger partial charge in [0.2, 0.25) is 23.5 Å². The number of amides is 1. The Kier molecular flexibility index (Phi) is 5.52. The number of carbonyl (C=O) groups excluding carboxylic acids is 1. The Hall–Kier alpha value is -3.29. The number of nitrogens with one attached hydrogen (secondary N) is 1. The van der Waals surface area contributed by atoms with Crippen molar-refractivity contribution in [1.82, 2.24) is 15.1 Å². The van der Waals surface area contributed by atoms with Crippen molar-refractivity contribution < 1.29 is 18.4 Å². The summed E-state index contributed by atoms with van der Waals surface area (Å²) in [6.45, 7) is 0. The highest BCUT2D eigenvalue weighted by molar-refractivity contribution is 5.91. The molecule has 0 radical (unpaired) electrons. The number of rotatable bonds is 7. The zero-order valence-electron chi connectivity index (χ0n) is 14.1. The van der Waals surface area contributed by atoms with Gasteiger partial charge in [0.25, 0.3) is 0 Å². The summed E-state index contributed by atoms with van der Waals surface area (Å²) < 4.78 is 23.2. The second kappa shape index (κ2) is 8.19. The summed E-state index contributed by atoms with van der Waals surface area (Å²) in [5, 5.41) is 6.63. The maximum atomic E-state index is 12.9. The highest BCUT2D eigenvalue weighted by Gasteiger charge is 2.11. The number of ether oxygens (including phenoxy) is 1. The largest absolute Gasteiger partial charge is 0.480 e. The second-order valence-electron chi connectivity index (χ2n) is 5.48. The highest BCUT2D eigenvalue weighted by atomic mass is 19.1. The van der Waals surface area contributed by atoms with E-state index in [2.05, 4.69) is 20.4 Å². The van der Waals surface area contributed by atoms with Crippen LogP contribution in [0, 0.1) is 5.82 Å². The van der Waals surface area contributed by atoms with E-state index < -0.39 is 0 Å². The average Bonchev–Trinajstić information content (AvgIpc) is 3.11. The lowest BCUT2D eigenvalue weighted by molar-refractivity contribution is -0.116. The molecule has 0 fully saturated rings. The van der Waals surface area contributed by atoms with Gasteiger partial charge >= 0.3 is 0 Å². The predicted molar refractivity (Wildman–Crippen MR) is 92.0 cm³/mol. The standard InChI is InChI=1S/C18H17FN4O3/c1-25-18-14(4-3-11-20-18)21-15(24)5-2-6-16-22-17(23-26-16)12-7-9-13(19)10-8-12/h3-4,7-11H,2,5-6H2,1H3,(H,21,24). The summed E-state index contributed by atoms with van der Waals surface area (Å²) in [5.74, 6) is 0.700. The van der Waals surface area contributed by atoms with Crippen LogP contribution in [0.5, 0.6) is 5.88 Å². The minimum Gasteiger partial charge on any atom is -0.480 e. The van der Waals surface area contributed by atoms with Crippen LogP contribution in [-0.4, -0.2) is 28.1 Å². The molecule has 7 nitrogen and oxygen atoms in total. The molecule has 2 heterocycles. The molecule has 2 aromatic heterocycles. The van der Waals surface area contributed by atoms with E-state index in [-0.39, 0.29) is 18.1 Å². The molecule has 0 bridgehead atoms. The maximum Gasteiger partial charge on any atom is 0.237 e. The Morgan fingerprint density at radius 2 is 2.08 bits per heavy atom. The van der Waals surface area contributed by atoms with Crippen LogP contribution in [0.2, 0.25) is 0 Å². The Morgan fingerprint density at radius 3 is 2.85 bits per heavy atom. The number of methoxy groups -OCH3 is 1. The third kappa shape index (κ3) is 4.41. The van der Waals surface area contributed by atoms with Crippen molar-refractivity contribution in [3.63, 3.8) is 0 Å². The zero-order chi connectivity index (χ0) is 18.4. The predicted octanol–water partition coefficient (Wildman–Crippen LogP) is 3.24. The van der Waals surface area contributed by atoms with Crippen molar-refractivity contribution in [2.75, 3.05) is 12.4 Å². The van der Waals surface area contributed by atoms with Crippen LogP contribution in [0.15, 0.2) is 47.1 Å². The Labute approximate surface area is 149 Å². The average molecular weight is 356 g/mol. The van der Waals surface area contributed by atoms with Gasteiger partial charge in [-0.1, -0.05) is 5.16 Å². The molecule has 0 saturated carbocycles. The van der Waals surface area contributed by atoms with E-state index in [1.165, 1.54) is 19.2 Å². The fraction of sp³-hybridized carbons (Fsp3) is 0.222. The molecular formula is C18H17FN4O3. The summed E-state index contributed by atoms with van der Waals surface area (Å²) in [6.07, 6.45) is 2.88. The first-order valence-electron chi connectivity index (χ1n) is 8.03. The van der Waals surface area contributed by atoms with E-state index in [4.69, 9.17) is 9.26 Å². The van der Waals surface area contributed by atoms with Gasteiger partial charge in [-0.25, -0.2) is 9.37 Å². The van der Waals surface area contributed by atoms with Crippen molar-refractivity contribution in [3.05, 3.63) is 54.3 Å². The third-order valence-corrected chi connectivity index (χ3v) is 3.60. The van der Waals surface area contributed by atoms with Gasteiger partial charge in [0, 0.05) is 24.6 Å². The van der Waals surface area contributed by atoms with Crippen LogP contribution >= 0.6 is 0 Å². The van der Waals surface area contributed by atoms with Crippen molar-refractivity contribution >= 4 is 11.6 Å². The SMILES string of the molecule is COc1ncccc1NC(=O)CCCc1nc(-c2ccc(F)cc2)no1. The van der Waals surface area contributed by atoms with Gasteiger partial charge in [-0.15, -0.1) is 0 Å². The number of benzene rings is 1. The molecule has 0 spiro atoms. The molecule has 1 aromatic carbocycles. The van der Waals surface area contributed by atoms with Crippen molar-refractivity contribution in [1.29, 1.82) is 0 Å². The van der Waals surface area contributed by atoms with Gasteiger partial charge < -0.3 is 14.6 Å². The molecule has 3 rings (SSSR count). The molecular weight excluding hydrogens is 339 g/mol. The minimum atomic E-state index is -0.325. The van der Waals surface area contributed by atoms with Crippen LogP contribution in [0.1, 0.15) is 18.7 Å². The topological polar surface area (TPSA) is 90.1 Å². The molecule has 1 amide bonds. The molecule has 0 unspecified atom stereocenters. The summed E-state index contributed by atoms with van der Waals surface area (Å²) in [5.41, 5.74) is 1.19. The van der Waals surface area contributed by atoms with Gasteiger partial charge in [0.1, 0.15) is 11.5 Å². The van der Waals surface area contributed by atoms with E-state index in [9.17, 15) is 9.18 Å². The lowest BCUT2D eigenvalue weighted by atomic mass is 10.2. The first kappa shape index (κ1) is 17.5. The summed E-state index contributed by atoms with van der Waals surface area (Å²) in [4.78, 5) is 20.3. The first-order chi connectivity index (χ1) is 12.7. The third-order valence-electron chi connectivity index (χ3n) is 3.60. The quantitative estimate of drug-likeness (QED) is 0.699. The molecule has 0 aliphatic heterocycles. The summed E-state index contributed by atoms with van der Waals surface area (Å²) in [7, 11) is 1.49. The smallest absolute Gasteiger partial charge is 0.237 e. The molecule has 0 aliphatic rings. The number of aryl methyl sites for hydroxylation is 1. The molecule has 0 aliphatic carbocycles. The Morgan fingerprint density at radius 1 is 1.27 bits per heavy atom. The van der Waals surface area contributed by atoms with E-state index in [0.29, 0.717) is 41.7 Å². The van der Waals surface area contributed by atoms with E-state index in [1.54, 1.807) is 30.5 Å². The van der Waals surface area contributed by atoms with Gasteiger partial charge in [0.05, 0.1) is 7.11 Å². The maximum absolute atomic E-state index is 12.9. The van der Waals surface area contributed by atoms with Crippen LogP contribution in [0.3, 0.4) is 0 Å². The number of nitrogens with zero attached hydrogens (tertiary/aromatic N) is 3. The fourth-order valence-corrected chi connectivity index (χ4v) is 2.33. The number of aromatic nitrogens is 3. The van der Waals surface area contributed by atoms with Crippen LogP contribution < -0.4 is 10.1 Å². The van der Waals surface area contributed by atoms with Gasteiger partial charge in [-0.2, -0.15) is 4.98 Å². The minimum absolute atomic E-state index is 0.158. The Balaban J connectivity index is 1.50.